The van der Waals surface area contributed by atoms with E-state index in [4.69, 9.17) is 22.4 Å². The molecule has 1 amide bonds. The van der Waals surface area contributed by atoms with Crippen LogP contribution in [0.1, 0.15) is 22.8 Å². The van der Waals surface area contributed by atoms with Gasteiger partial charge in [-0.25, -0.2) is 9.37 Å². The third kappa shape index (κ3) is 5.22. The second kappa shape index (κ2) is 9.63. The van der Waals surface area contributed by atoms with E-state index in [2.05, 4.69) is 15.6 Å². The molecule has 0 spiro atoms. The van der Waals surface area contributed by atoms with Crippen molar-refractivity contribution < 1.29 is 19.4 Å². The molecule has 3 rings (SSSR count). The molecule has 6 N–H and O–H groups in total. The molecule has 0 aliphatic rings. The van der Waals surface area contributed by atoms with Crippen molar-refractivity contribution in [1.29, 1.82) is 0 Å². The predicted octanol–water partition coefficient (Wildman–Crippen LogP) is 4.01. The van der Waals surface area contributed by atoms with E-state index >= 15 is 0 Å². The molecule has 0 aliphatic carbocycles. The summed E-state index contributed by atoms with van der Waals surface area (Å²) >= 11 is 5.92. The maximum atomic E-state index is 13.3. The zero-order valence-electron chi connectivity index (χ0n) is 16.7. The number of carbonyl (C=O) groups excluding carboxylic acids is 1. The second-order valence-corrected chi connectivity index (χ2v) is 7.41. The van der Waals surface area contributed by atoms with Gasteiger partial charge >= 0.3 is 0 Å². The number of aliphatic hydroxyl groups is 1. The molecule has 2 aromatic carbocycles. The number of nitrogens with zero attached hydrogens (tertiary/aromatic N) is 1. The van der Waals surface area contributed by atoms with Crippen molar-refractivity contribution in [2.45, 2.75) is 19.6 Å². The lowest BCUT2D eigenvalue weighted by molar-refractivity contribution is 0.0923. The first-order valence-corrected chi connectivity index (χ1v) is 9.83. The number of rotatable bonds is 7. The Morgan fingerprint density at radius 3 is 2.68 bits per heavy atom. The van der Waals surface area contributed by atoms with Crippen molar-refractivity contribution >= 4 is 34.7 Å². The van der Waals surface area contributed by atoms with E-state index < -0.39 is 18.6 Å². The number of amides is 1. The van der Waals surface area contributed by atoms with E-state index in [0.717, 1.165) is 0 Å². The average molecular weight is 445 g/mol. The van der Waals surface area contributed by atoms with Gasteiger partial charge in [-0.3, -0.25) is 4.79 Å². The molecule has 9 heteroatoms. The molecular weight excluding hydrogens is 423 g/mol. The fraction of sp³-hybridized carbons (Fsp3) is 0.182. The average Bonchev–Trinajstić information content (AvgIpc) is 2.75. The predicted molar refractivity (Wildman–Crippen MR) is 119 cm³/mol. The van der Waals surface area contributed by atoms with Crippen LogP contribution in [0.5, 0.6) is 5.75 Å². The Labute approximate surface area is 183 Å². The Bertz CT molecular complexity index is 1110. The number of phenolic OH excluding ortho intramolecular Hbond substituents is 1. The van der Waals surface area contributed by atoms with Crippen molar-refractivity contribution in [3.8, 4) is 17.0 Å². The highest BCUT2D eigenvalue weighted by molar-refractivity contribution is 6.30. The van der Waals surface area contributed by atoms with E-state index in [-0.39, 0.29) is 23.7 Å². The number of hydrogen-bond donors (Lipinski definition) is 5. The highest BCUT2D eigenvalue weighted by Gasteiger charge is 2.16. The number of aromatic nitrogens is 1. The van der Waals surface area contributed by atoms with E-state index in [1.807, 2.05) is 0 Å². The lowest BCUT2D eigenvalue weighted by atomic mass is 10.1. The maximum Gasteiger partial charge on any atom is 0.255 e. The van der Waals surface area contributed by atoms with E-state index in [1.165, 1.54) is 18.2 Å². The minimum Gasteiger partial charge on any atom is -0.507 e. The van der Waals surface area contributed by atoms with E-state index in [9.17, 15) is 14.3 Å². The number of phenols is 1. The highest BCUT2D eigenvalue weighted by Crippen LogP contribution is 2.33. The molecule has 1 aromatic heterocycles. The molecule has 0 aliphatic heterocycles. The number of anilines is 3. The molecule has 31 heavy (non-hydrogen) atoms. The van der Waals surface area contributed by atoms with Crippen LogP contribution in [0.3, 0.4) is 0 Å². The number of hydrogen-bond acceptors (Lipinski definition) is 6. The lowest BCUT2D eigenvalue weighted by Gasteiger charge is -2.14. The van der Waals surface area contributed by atoms with Gasteiger partial charge < -0.3 is 26.6 Å². The van der Waals surface area contributed by atoms with Crippen LogP contribution in [0.15, 0.2) is 48.5 Å². The summed E-state index contributed by atoms with van der Waals surface area (Å²) in [5.41, 5.74) is 8.37. The topological polar surface area (TPSA) is 120 Å². The Kier molecular flexibility index (Phi) is 6.94. The fourth-order valence-electron chi connectivity index (χ4n) is 2.93. The van der Waals surface area contributed by atoms with Crippen LogP contribution in [0, 0.1) is 0 Å². The van der Waals surface area contributed by atoms with Crippen molar-refractivity contribution in [2.24, 2.45) is 0 Å². The van der Waals surface area contributed by atoms with Crippen molar-refractivity contribution in [2.75, 3.05) is 17.7 Å². The molecular formula is C22H22ClFN4O3. The molecule has 0 bridgehead atoms. The summed E-state index contributed by atoms with van der Waals surface area (Å²) in [6.07, 6.45) is 0. The molecule has 1 heterocycles. The number of aromatic hydroxyl groups is 1. The SMILES string of the molecule is C[C@@H](CO)NC(=O)c1ccc(-c2cc(Nc3ccc(Cl)cc3CF)ccc2O)nc1N. The number of halogens is 2. The van der Waals surface area contributed by atoms with Gasteiger partial charge in [0.05, 0.1) is 17.9 Å². The number of nitrogens with one attached hydrogen (secondary N) is 2. The summed E-state index contributed by atoms with van der Waals surface area (Å²) in [6.45, 7) is 0.758. The maximum absolute atomic E-state index is 13.3. The largest absolute Gasteiger partial charge is 0.507 e. The van der Waals surface area contributed by atoms with Gasteiger partial charge in [0.25, 0.3) is 5.91 Å². The van der Waals surface area contributed by atoms with Crippen LogP contribution in [0.4, 0.5) is 21.6 Å². The summed E-state index contributed by atoms with van der Waals surface area (Å²) in [4.78, 5) is 16.5. The zero-order valence-corrected chi connectivity index (χ0v) is 17.4. The Morgan fingerprint density at radius 2 is 2.00 bits per heavy atom. The van der Waals surface area contributed by atoms with Crippen LogP contribution in [0.2, 0.25) is 5.02 Å². The number of benzene rings is 2. The molecule has 1 atom stereocenters. The summed E-state index contributed by atoms with van der Waals surface area (Å²) < 4.78 is 13.3. The minimum atomic E-state index is -0.690. The number of carbonyl (C=O) groups is 1. The first kappa shape index (κ1) is 22.3. The molecule has 3 aromatic rings. The molecule has 162 valence electrons. The smallest absolute Gasteiger partial charge is 0.255 e. The number of alkyl halides is 1. The monoisotopic (exact) mass is 444 g/mol. The fourth-order valence-corrected chi connectivity index (χ4v) is 3.13. The van der Waals surface area contributed by atoms with Gasteiger partial charge in [-0.1, -0.05) is 11.6 Å². The summed E-state index contributed by atoms with van der Waals surface area (Å²) in [5.74, 6) is -0.514. The van der Waals surface area contributed by atoms with Gasteiger partial charge in [0.1, 0.15) is 18.2 Å². The normalized spacial score (nSPS) is 11.7. The van der Waals surface area contributed by atoms with Gasteiger partial charge in [-0.2, -0.15) is 0 Å². The quantitative estimate of drug-likeness (QED) is 0.351. The van der Waals surface area contributed by atoms with Gasteiger partial charge in [-0.05, 0) is 55.5 Å². The summed E-state index contributed by atoms with van der Waals surface area (Å²) in [7, 11) is 0. The molecule has 0 saturated heterocycles. The minimum absolute atomic E-state index is 0.0182. The van der Waals surface area contributed by atoms with Crippen LogP contribution < -0.4 is 16.4 Å². The Morgan fingerprint density at radius 1 is 1.23 bits per heavy atom. The number of nitrogens with two attached hydrogens (primary N) is 1. The molecule has 0 saturated carbocycles. The van der Waals surface area contributed by atoms with Gasteiger partial charge in [-0.15, -0.1) is 0 Å². The first-order chi connectivity index (χ1) is 14.8. The third-order valence-electron chi connectivity index (χ3n) is 4.58. The summed E-state index contributed by atoms with van der Waals surface area (Å²) in [6, 6.07) is 12.2. The number of pyridine rings is 1. The number of aliphatic hydroxyl groups excluding tert-OH is 1. The first-order valence-electron chi connectivity index (χ1n) is 9.45. The van der Waals surface area contributed by atoms with Gasteiger partial charge in [0.15, 0.2) is 0 Å². The van der Waals surface area contributed by atoms with Crippen LogP contribution in [-0.2, 0) is 6.67 Å². The Balaban J connectivity index is 1.90. The summed E-state index contributed by atoms with van der Waals surface area (Å²) in [5, 5.41) is 25.5. The zero-order chi connectivity index (χ0) is 22.5. The van der Waals surface area contributed by atoms with E-state index in [0.29, 0.717) is 33.2 Å². The van der Waals surface area contributed by atoms with Crippen LogP contribution in [-0.4, -0.2) is 33.8 Å². The van der Waals surface area contributed by atoms with E-state index in [1.54, 1.807) is 37.3 Å². The third-order valence-corrected chi connectivity index (χ3v) is 4.82. The number of nitrogen functional groups attached to an aromatic ring is 1. The Hall–Kier alpha value is -3.36. The molecule has 7 nitrogen and oxygen atoms in total. The highest BCUT2D eigenvalue weighted by atomic mass is 35.5. The lowest BCUT2D eigenvalue weighted by Crippen LogP contribution is -2.35. The van der Waals surface area contributed by atoms with Crippen molar-refractivity contribution in [1.82, 2.24) is 10.3 Å². The van der Waals surface area contributed by atoms with Crippen LogP contribution >= 0.6 is 11.6 Å². The molecule has 0 radical (unpaired) electrons. The molecule has 0 unspecified atom stereocenters. The van der Waals surface area contributed by atoms with Gasteiger partial charge in [0, 0.05) is 33.6 Å². The van der Waals surface area contributed by atoms with Gasteiger partial charge in [0.2, 0.25) is 0 Å². The van der Waals surface area contributed by atoms with Crippen molar-refractivity contribution in [3.63, 3.8) is 0 Å². The second-order valence-electron chi connectivity index (χ2n) is 6.98. The van der Waals surface area contributed by atoms with Crippen LogP contribution in [0.25, 0.3) is 11.3 Å². The standard InChI is InChI=1S/C22H22ClFN4O3/c1-12(11-29)26-22(31)16-4-6-19(28-21(16)25)17-9-15(3-7-20(17)30)27-18-5-2-14(23)8-13(18)10-24/h2-9,12,27,29-30H,10-11H2,1H3,(H2,25,28)(H,26,31)/t12-/m0/s1. The molecule has 0 fully saturated rings. The van der Waals surface area contributed by atoms with Crippen molar-refractivity contribution in [3.05, 3.63) is 64.7 Å².